The molecule has 1 N–H and O–H groups in total. The molecule has 1 amide bonds. The third-order valence-electron chi connectivity index (χ3n) is 4.61. The van der Waals surface area contributed by atoms with E-state index in [1.165, 1.54) is 4.90 Å². The Hall–Kier alpha value is -2.39. The Morgan fingerprint density at radius 2 is 1.96 bits per heavy atom. The third-order valence-corrected chi connectivity index (χ3v) is 5.10. The Kier molecular flexibility index (Phi) is 6.46. The second kappa shape index (κ2) is 9.01. The molecule has 0 bridgehead atoms. The van der Waals surface area contributed by atoms with Crippen LogP contribution in [0.15, 0.2) is 30.3 Å². The molecule has 1 aliphatic rings. The lowest BCUT2D eigenvalue weighted by molar-refractivity contribution is -0.927. The highest BCUT2D eigenvalue weighted by atomic mass is 32.1. The van der Waals surface area contributed by atoms with Gasteiger partial charge in [-0.3, -0.25) is 4.90 Å². The van der Waals surface area contributed by atoms with Gasteiger partial charge in [0.25, 0.3) is 0 Å². The Morgan fingerprint density at radius 1 is 1.26 bits per heavy atom. The van der Waals surface area contributed by atoms with E-state index in [1.54, 1.807) is 4.90 Å². The van der Waals surface area contributed by atoms with Crippen LogP contribution in [0.5, 0.6) is 5.75 Å². The predicted molar refractivity (Wildman–Crippen MR) is 102 cm³/mol. The van der Waals surface area contributed by atoms with E-state index in [9.17, 15) is 4.79 Å². The summed E-state index contributed by atoms with van der Waals surface area (Å²) in [5.41, 5.74) is 0. The number of piperazine rings is 1. The molecule has 0 saturated carbocycles. The van der Waals surface area contributed by atoms with Crippen LogP contribution in [-0.2, 0) is 25.1 Å². The molecule has 146 valence electrons. The number of hydrogen-bond donors (Lipinski definition) is 1. The minimum absolute atomic E-state index is 0.230. The second-order valence-corrected chi connectivity index (χ2v) is 6.82. The molecule has 0 atom stereocenters. The molecular weight excluding hydrogens is 366 g/mol. The van der Waals surface area contributed by atoms with Crippen LogP contribution >= 0.6 is 12.2 Å². The quantitative estimate of drug-likeness (QED) is 0.739. The number of quaternary nitrogens is 1. The van der Waals surface area contributed by atoms with Gasteiger partial charge in [0.1, 0.15) is 12.4 Å². The van der Waals surface area contributed by atoms with Gasteiger partial charge in [-0.25, -0.2) is 4.79 Å². The maximum absolute atomic E-state index is 11.8. The zero-order chi connectivity index (χ0) is 19.2. The standard InChI is InChI=1S/C18H25N5O3S/c1-3-25-18(24)22-11-9-21(10-12-22)14-23-17(27)20(2)16(19-23)13-26-15-7-5-4-6-8-15/h4-8H,3,9-14H2,1-2H3/p+1. The van der Waals surface area contributed by atoms with Gasteiger partial charge in [0.2, 0.25) is 4.77 Å². The maximum Gasteiger partial charge on any atom is 0.410 e. The SMILES string of the molecule is CCOC(=O)N1CC[NH+](Cn2nc(COc3ccccc3)n(C)c2=S)CC1. The molecule has 2 aromatic rings. The molecule has 8 nitrogen and oxygen atoms in total. The predicted octanol–water partition coefficient (Wildman–Crippen LogP) is 0.845. The molecule has 3 rings (SSSR count). The molecule has 1 aliphatic heterocycles. The lowest BCUT2D eigenvalue weighted by atomic mass is 10.3. The summed E-state index contributed by atoms with van der Waals surface area (Å²) in [6.07, 6.45) is -0.230. The summed E-state index contributed by atoms with van der Waals surface area (Å²) in [7, 11) is 1.91. The molecular formula is C18H26N5O3S+. The van der Waals surface area contributed by atoms with Crippen LogP contribution in [0.25, 0.3) is 0 Å². The van der Waals surface area contributed by atoms with E-state index in [1.807, 2.05) is 53.6 Å². The minimum Gasteiger partial charge on any atom is -0.486 e. The Bertz CT molecular complexity index is 812. The van der Waals surface area contributed by atoms with Gasteiger partial charge in [-0.2, -0.15) is 4.68 Å². The van der Waals surface area contributed by atoms with Gasteiger partial charge in [-0.1, -0.05) is 18.2 Å². The smallest absolute Gasteiger partial charge is 0.410 e. The lowest BCUT2D eigenvalue weighted by Gasteiger charge is -2.31. The van der Waals surface area contributed by atoms with Crippen LogP contribution in [0.3, 0.4) is 0 Å². The molecule has 1 saturated heterocycles. The molecule has 0 unspecified atom stereocenters. The number of hydrogen-bond acceptors (Lipinski definition) is 5. The van der Waals surface area contributed by atoms with Gasteiger partial charge < -0.3 is 18.9 Å². The third kappa shape index (κ3) is 4.86. The Morgan fingerprint density at radius 3 is 2.63 bits per heavy atom. The number of nitrogens with one attached hydrogen (secondary N) is 1. The van der Waals surface area contributed by atoms with E-state index in [-0.39, 0.29) is 6.09 Å². The summed E-state index contributed by atoms with van der Waals surface area (Å²) >= 11 is 5.52. The van der Waals surface area contributed by atoms with E-state index in [2.05, 4.69) is 5.10 Å². The highest BCUT2D eigenvalue weighted by Crippen LogP contribution is 2.10. The van der Waals surface area contributed by atoms with Crippen molar-refractivity contribution in [2.45, 2.75) is 20.2 Å². The van der Waals surface area contributed by atoms with E-state index >= 15 is 0 Å². The van der Waals surface area contributed by atoms with Crippen molar-refractivity contribution >= 4 is 18.3 Å². The van der Waals surface area contributed by atoms with Crippen LogP contribution in [0.2, 0.25) is 0 Å². The molecule has 27 heavy (non-hydrogen) atoms. The zero-order valence-corrected chi connectivity index (χ0v) is 16.6. The van der Waals surface area contributed by atoms with Gasteiger partial charge >= 0.3 is 6.09 Å². The lowest BCUT2D eigenvalue weighted by Crippen LogP contribution is -3.14. The zero-order valence-electron chi connectivity index (χ0n) is 15.8. The van der Waals surface area contributed by atoms with Crippen LogP contribution < -0.4 is 9.64 Å². The number of para-hydroxylation sites is 1. The largest absolute Gasteiger partial charge is 0.486 e. The summed E-state index contributed by atoms with van der Waals surface area (Å²) in [5, 5.41) is 4.63. The summed E-state index contributed by atoms with van der Waals surface area (Å²) in [5.74, 6) is 1.59. The Labute approximate surface area is 163 Å². The molecule has 1 aromatic carbocycles. The van der Waals surface area contributed by atoms with Gasteiger partial charge in [0.05, 0.1) is 32.8 Å². The number of carbonyl (C=O) groups excluding carboxylic acids is 1. The van der Waals surface area contributed by atoms with Gasteiger partial charge in [-0.05, 0) is 31.3 Å². The first-order chi connectivity index (χ1) is 13.1. The van der Waals surface area contributed by atoms with Gasteiger partial charge in [-0.15, -0.1) is 5.10 Å². The monoisotopic (exact) mass is 392 g/mol. The second-order valence-electron chi connectivity index (χ2n) is 6.45. The number of nitrogens with zero attached hydrogens (tertiary/aromatic N) is 4. The normalized spacial score (nSPS) is 15.0. The first-order valence-electron chi connectivity index (χ1n) is 9.14. The number of ether oxygens (including phenoxy) is 2. The molecule has 0 spiro atoms. The minimum atomic E-state index is -0.230. The highest BCUT2D eigenvalue weighted by molar-refractivity contribution is 7.71. The van der Waals surface area contributed by atoms with Crippen molar-refractivity contribution in [1.29, 1.82) is 0 Å². The van der Waals surface area contributed by atoms with Crippen LogP contribution in [0.1, 0.15) is 12.7 Å². The fraction of sp³-hybridized carbons (Fsp3) is 0.500. The van der Waals surface area contributed by atoms with Crippen molar-refractivity contribution in [3.05, 3.63) is 40.9 Å². The van der Waals surface area contributed by atoms with Crippen molar-refractivity contribution in [3.8, 4) is 5.75 Å². The maximum atomic E-state index is 11.8. The van der Waals surface area contributed by atoms with Crippen molar-refractivity contribution in [2.75, 3.05) is 32.8 Å². The first kappa shape index (κ1) is 19.4. The van der Waals surface area contributed by atoms with Crippen molar-refractivity contribution in [1.82, 2.24) is 19.2 Å². The van der Waals surface area contributed by atoms with E-state index < -0.39 is 0 Å². The number of carbonyl (C=O) groups is 1. The van der Waals surface area contributed by atoms with Crippen LogP contribution in [0, 0.1) is 4.77 Å². The average Bonchev–Trinajstić information content (AvgIpc) is 2.96. The highest BCUT2D eigenvalue weighted by Gasteiger charge is 2.25. The Balaban J connectivity index is 1.57. The molecule has 1 aromatic heterocycles. The molecule has 0 aliphatic carbocycles. The molecule has 1 fully saturated rings. The summed E-state index contributed by atoms with van der Waals surface area (Å²) < 4.78 is 15.2. The van der Waals surface area contributed by atoms with Crippen LogP contribution in [-0.4, -0.2) is 58.1 Å². The summed E-state index contributed by atoms with van der Waals surface area (Å²) in [6, 6.07) is 9.66. The molecule has 9 heteroatoms. The average molecular weight is 393 g/mol. The van der Waals surface area contributed by atoms with E-state index in [4.69, 9.17) is 21.7 Å². The summed E-state index contributed by atoms with van der Waals surface area (Å²) in [6.45, 7) is 6.30. The van der Waals surface area contributed by atoms with Crippen molar-refractivity contribution < 1.29 is 19.2 Å². The van der Waals surface area contributed by atoms with E-state index in [0.717, 1.165) is 24.7 Å². The summed E-state index contributed by atoms with van der Waals surface area (Å²) in [4.78, 5) is 14.9. The van der Waals surface area contributed by atoms with E-state index in [0.29, 0.717) is 37.7 Å². The number of benzene rings is 1. The van der Waals surface area contributed by atoms with Crippen LogP contribution in [0.4, 0.5) is 4.79 Å². The fourth-order valence-electron chi connectivity index (χ4n) is 3.02. The van der Waals surface area contributed by atoms with Crippen molar-refractivity contribution in [3.63, 3.8) is 0 Å². The number of amides is 1. The number of aromatic nitrogens is 3. The molecule has 0 radical (unpaired) electrons. The molecule has 2 heterocycles. The van der Waals surface area contributed by atoms with Crippen molar-refractivity contribution in [2.24, 2.45) is 7.05 Å². The van der Waals surface area contributed by atoms with Gasteiger partial charge in [0, 0.05) is 7.05 Å². The fourth-order valence-corrected chi connectivity index (χ4v) is 3.23. The van der Waals surface area contributed by atoms with Gasteiger partial charge in [0.15, 0.2) is 12.5 Å². The first-order valence-corrected chi connectivity index (χ1v) is 9.55. The topological polar surface area (TPSA) is 66.0 Å². The number of rotatable bonds is 6.